The van der Waals surface area contributed by atoms with Gasteiger partial charge >= 0.3 is 5.97 Å². The first-order valence-corrected chi connectivity index (χ1v) is 7.64. The molecule has 0 spiro atoms. The van der Waals surface area contributed by atoms with Gasteiger partial charge in [-0.2, -0.15) is 0 Å². The van der Waals surface area contributed by atoms with Crippen LogP contribution in [-0.2, 0) is 9.53 Å². The van der Waals surface area contributed by atoms with E-state index in [-0.39, 0.29) is 5.91 Å². The van der Waals surface area contributed by atoms with Crippen LogP contribution in [0.1, 0.15) is 29.6 Å². The van der Waals surface area contributed by atoms with Gasteiger partial charge in [0.1, 0.15) is 6.04 Å². The van der Waals surface area contributed by atoms with Crippen LogP contribution >= 0.6 is 0 Å². The Hall–Kier alpha value is -2.62. The smallest absolute Gasteiger partial charge is 0.328 e. The van der Waals surface area contributed by atoms with Gasteiger partial charge in [-0.1, -0.05) is 36.4 Å². The molecule has 1 amide bonds. The summed E-state index contributed by atoms with van der Waals surface area (Å²) in [6.45, 7) is 3.66. The molecule has 120 valence electrons. The van der Waals surface area contributed by atoms with Crippen LogP contribution < -0.4 is 5.32 Å². The van der Waals surface area contributed by atoms with Gasteiger partial charge in [0, 0.05) is 5.56 Å². The van der Waals surface area contributed by atoms with Crippen LogP contribution in [0.2, 0.25) is 0 Å². The van der Waals surface area contributed by atoms with E-state index in [0.29, 0.717) is 12.0 Å². The highest BCUT2D eigenvalue weighted by Gasteiger charge is 2.21. The first kappa shape index (κ1) is 16.7. The summed E-state index contributed by atoms with van der Waals surface area (Å²) in [7, 11) is 1.32. The van der Waals surface area contributed by atoms with Crippen molar-refractivity contribution in [3.05, 3.63) is 60.7 Å². The number of unbranched alkanes of at least 4 members (excludes halogenated alkanes) is 1. The maximum atomic E-state index is 12.4. The lowest BCUT2D eigenvalue weighted by atomic mass is 10.1. The Bertz CT molecular complexity index is 709. The van der Waals surface area contributed by atoms with Crippen molar-refractivity contribution in [2.24, 2.45) is 0 Å². The number of hydrogen-bond acceptors (Lipinski definition) is 3. The summed E-state index contributed by atoms with van der Waals surface area (Å²) in [5, 5.41) is 4.82. The third kappa shape index (κ3) is 4.42. The van der Waals surface area contributed by atoms with E-state index in [0.717, 1.165) is 23.6 Å². The van der Waals surface area contributed by atoms with Gasteiger partial charge in [0.2, 0.25) is 0 Å². The van der Waals surface area contributed by atoms with E-state index in [1.54, 1.807) is 12.1 Å². The maximum absolute atomic E-state index is 12.4. The van der Waals surface area contributed by atoms with Crippen LogP contribution in [0.3, 0.4) is 0 Å². The van der Waals surface area contributed by atoms with E-state index in [1.165, 1.54) is 7.11 Å². The zero-order chi connectivity index (χ0) is 16.7. The number of methoxy groups -OCH3 is 1. The summed E-state index contributed by atoms with van der Waals surface area (Å²) in [6.07, 6.45) is 3.87. The van der Waals surface area contributed by atoms with Crippen LogP contribution in [0.4, 0.5) is 0 Å². The van der Waals surface area contributed by atoms with Gasteiger partial charge in [0.05, 0.1) is 7.11 Å². The average Bonchev–Trinajstić information content (AvgIpc) is 2.59. The Morgan fingerprint density at radius 3 is 2.65 bits per heavy atom. The highest BCUT2D eigenvalue weighted by molar-refractivity contribution is 6.00. The van der Waals surface area contributed by atoms with E-state index in [1.807, 2.05) is 36.4 Å². The van der Waals surface area contributed by atoms with Gasteiger partial charge in [0.25, 0.3) is 5.91 Å². The predicted octanol–water partition coefficient (Wildman–Crippen LogP) is 3.47. The summed E-state index contributed by atoms with van der Waals surface area (Å²) >= 11 is 0. The lowest BCUT2D eigenvalue weighted by molar-refractivity contribution is -0.143. The maximum Gasteiger partial charge on any atom is 0.328 e. The average molecular weight is 311 g/mol. The highest BCUT2D eigenvalue weighted by Crippen LogP contribution is 2.16. The number of carbonyl (C=O) groups is 2. The normalized spacial score (nSPS) is 11.7. The monoisotopic (exact) mass is 311 g/mol. The van der Waals surface area contributed by atoms with Crippen LogP contribution in [0.15, 0.2) is 55.1 Å². The molecule has 0 saturated carbocycles. The van der Waals surface area contributed by atoms with Crippen molar-refractivity contribution in [1.29, 1.82) is 0 Å². The van der Waals surface area contributed by atoms with Gasteiger partial charge in [-0.15, -0.1) is 6.58 Å². The molecule has 2 aromatic rings. The van der Waals surface area contributed by atoms with Gasteiger partial charge in [-0.05, 0) is 42.2 Å². The van der Waals surface area contributed by atoms with E-state index < -0.39 is 12.0 Å². The topological polar surface area (TPSA) is 55.4 Å². The molecule has 0 aliphatic rings. The lowest BCUT2D eigenvalue weighted by Crippen LogP contribution is -2.41. The standard InChI is InChI=1S/C19H21NO3/c1-3-4-5-10-17(19(22)23-2)20-18(21)16-12-11-14-8-6-7-9-15(14)13-16/h3,6-9,11-13,17H,1,4-5,10H2,2H3,(H,20,21)/t17-/m1/s1. The summed E-state index contributed by atoms with van der Waals surface area (Å²) in [4.78, 5) is 24.2. The molecule has 4 nitrogen and oxygen atoms in total. The molecule has 0 unspecified atom stereocenters. The number of esters is 1. The number of carbonyl (C=O) groups excluding carboxylic acids is 2. The summed E-state index contributed by atoms with van der Waals surface area (Å²) in [5.74, 6) is -0.701. The van der Waals surface area contributed by atoms with Crippen molar-refractivity contribution < 1.29 is 14.3 Å². The Labute approximate surface area is 136 Å². The van der Waals surface area contributed by atoms with Gasteiger partial charge in [-0.3, -0.25) is 4.79 Å². The molecule has 1 N–H and O–H groups in total. The molecule has 0 saturated heterocycles. The van der Waals surface area contributed by atoms with Crippen molar-refractivity contribution in [2.45, 2.75) is 25.3 Å². The zero-order valence-electron chi connectivity index (χ0n) is 13.2. The Morgan fingerprint density at radius 2 is 1.96 bits per heavy atom. The van der Waals surface area contributed by atoms with Crippen molar-refractivity contribution in [1.82, 2.24) is 5.32 Å². The Morgan fingerprint density at radius 1 is 1.22 bits per heavy atom. The Kier molecular flexibility index (Phi) is 5.92. The summed E-state index contributed by atoms with van der Waals surface area (Å²) < 4.78 is 4.77. The first-order chi connectivity index (χ1) is 11.2. The van der Waals surface area contributed by atoms with Crippen molar-refractivity contribution in [3.8, 4) is 0 Å². The molecule has 0 radical (unpaired) electrons. The van der Waals surface area contributed by atoms with Gasteiger partial charge in [0.15, 0.2) is 0 Å². The van der Waals surface area contributed by atoms with E-state index in [9.17, 15) is 9.59 Å². The molecule has 0 fully saturated rings. The number of ether oxygens (including phenoxy) is 1. The number of allylic oxidation sites excluding steroid dienone is 1. The molecular formula is C19H21NO3. The van der Waals surface area contributed by atoms with E-state index in [2.05, 4.69) is 11.9 Å². The number of rotatable bonds is 7. The van der Waals surface area contributed by atoms with Crippen LogP contribution in [0, 0.1) is 0 Å². The van der Waals surface area contributed by atoms with Crippen molar-refractivity contribution in [2.75, 3.05) is 7.11 Å². The number of nitrogens with one attached hydrogen (secondary N) is 1. The lowest BCUT2D eigenvalue weighted by Gasteiger charge is -2.16. The third-order valence-corrected chi connectivity index (χ3v) is 3.70. The number of fused-ring (bicyclic) bond motifs is 1. The highest BCUT2D eigenvalue weighted by atomic mass is 16.5. The molecule has 1 atom stereocenters. The van der Waals surface area contributed by atoms with Crippen LogP contribution in [-0.4, -0.2) is 25.0 Å². The fourth-order valence-corrected chi connectivity index (χ4v) is 2.43. The van der Waals surface area contributed by atoms with E-state index >= 15 is 0 Å². The molecule has 23 heavy (non-hydrogen) atoms. The number of amides is 1. The van der Waals surface area contributed by atoms with Crippen LogP contribution in [0.25, 0.3) is 10.8 Å². The molecule has 4 heteroatoms. The van der Waals surface area contributed by atoms with Crippen molar-refractivity contribution in [3.63, 3.8) is 0 Å². The van der Waals surface area contributed by atoms with Crippen molar-refractivity contribution >= 4 is 22.6 Å². The molecule has 2 aromatic carbocycles. The second-order valence-corrected chi connectivity index (χ2v) is 5.33. The van der Waals surface area contributed by atoms with Gasteiger partial charge < -0.3 is 10.1 Å². The molecule has 2 rings (SSSR count). The fourth-order valence-electron chi connectivity index (χ4n) is 2.43. The molecule has 0 heterocycles. The number of benzene rings is 2. The van der Waals surface area contributed by atoms with Crippen LogP contribution in [0.5, 0.6) is 0 Å². The molecule has 0 bridgehead atoms. The SMILES string of the molecule is C=CCCC[C@@H](NC(=O)c1ccc2ccccc2c1)C(=O)OC. The quantitative estimate of drug-likeness (QED) is 0.484. The summed E-state index contributed by atoms with van der Waals surface area (Å²) in [5.41, 5.74) is 0.529. The third-order valence-electron chi connectivity index (χ3n) is 3.70. The minimum absolute atomic E-state index is 0.273. The minimum atomic E-state index is -0.640. The predicted molar refractivity (Wildman–Crippen MR) is 91.3 cm³/mol. The zero-order valence-corrected chi connectivity index (χ0v) is 13.2. The second kappa shape index (κ2) is 8.13. The molecule has 0 aliphatic carbocycles. The summed E-state index contributed by atoms with van der Waals surface area (Å²) in [6, 6.07) is 12.7. The van der Waals surface area contributed by atoms with E-state index in [4.69, 9.17) is 4.74 Å². The largest absolute Gasteiger partial charge is 0.467 e. The fraction of sp³-hybridized carbons (Fsp3) is 0.263. The first-order valence-electron chi connectivity index (χ1n) is 7.64. The minimum Gasteiger partial charge on any atom is -0.467 e. The van der Waals surface area contributed by atoms with Gasteiger partial charge in [-0.25, -0.2) is 4.79 Å². The molecule has 0 aliphatic heterocycles. The molecular weight excluding hydrogens is 290 g/mol. The second-order valence-electron chi connectivity index (χ2n) is 5.33. The number of hydrogen-bond donors (Lipinski definition) is 1. The Balaban J connectivity index is 2.12. The molecule has 0 aromatic heterocycles.